The lowest BCUT2D eigenvalue weighted by Gasteiger charge is -2.32. The van der Waals surface area contributed by atoms with Gasteiger partial charge in [-0.15, -0.1) is 0 Å². The summed E-state index contributed by atoms with van der Waals surface area (Å²) >= 11 is 0. The molecule has 0 spiro atoms. The highest BCUT2D eigenvalue weighted by Crippen LogP contribution is 2.28. The van der Waals surface area contributed by atoms with Crippen molar-refractivity contribution in [1.29, 1.82) is 0 Å². The van der Waals surface area contributed by atoms with Gasteiger partial charge in [-0.2, -0.15) is 0 Å². The van der Waals surface area contributed by atoms with Crippen LogP contribution in [-0.2, 0) is 0 Å². The Morgan fingerprint density at radius 1 is 1.13 bits per heavy atom. The lowest BCUT2D eigenvalue weighted by Crippen LogP contribution is -2.39. The fraction of sp³-hybridized carbons (Fsp3) is 0.294. The van der Waals surface area contributed by atoms with E-state index in [1.54, 1.807) is 0 Å². The maximum atomic E-state index is 12.9. The number of benzene rings is 1. The van der Waals surface area contributed by atoms with Crippen LogP contribution >= 0.6 is 0 Å². The van der Waals surface area contributed by atoms with E-state index in [4.69, 9.17) is 4.74 Å². The van der Waals surface area contributed by atoms with E-state index < -0.39 is 5.82 Å². The Kier molecular flexibility index (Phi) is 3.57. The molecule has 0 saturated carbocycles. The van der Waals surface area contributed by atoms with Gasteiger partial charge in [0.2, 0.25) is 5.95 Å². The van der Waals surface area contributed by atoms with Crippen molar-refractivity contribution < 1.29 is 9.13 Å². The van der Waals surface area contributed by atoms with Crippen molar-refractivity contribution in [3.63, 3.8) is 0 Å². The molecule has 118 valence electrons. The molecule has 1 saturated heterocycles. The van der Waals surface area contributed by atoms with Crippen LogP contribution in [0.2, 0.25) is 0 Å². The van der Waals surface area contributed by atoms with Gasteiger partial charge in [0.1, 0.15) is 11.9 Å². The molecule has 0 aliphatic carbocycles. The fourth-order valence-electron chi connectivity index (χ4n) is 2.98. The third kappa shape index (κ3) is 2.84. The minimum atomic E-state index is -0.411. The van der Waals surface area contributed by atoms with Crippen molar-refractivity contribution in [2.75, 3.05) is 18.0 Å². The van der Waals surface area contributed by atoms with Gasteiger partial charge < -0.3 is 14.6 Å². The Morgan fingerprint density at radius 2 is 1.91 bits per heavy atom. The van der Waals surface area contributed by atoms with Crippen LogP contribution in [0.25, 0.3) is 10.9 Å². The molecule has 1 aromatic carbocycles. The van der Waals surface area contributed by atoms with E-state index in [-0.39, 0.29) is 6.10 Å². The molecule has 0 amide bonds. The number of anilines is 1. The van der Waals surface area contributed by atoms with Crippen LogP contribution in [0, 0.1) is 5.82 Å². The van der Waals surface area contributed by atoms with E-state index in [1.165, 1.54) is 12.4 Å². The molecule has 3 heterocycles. The third-order valence-corrected chi connectivity index (χ3v) is 4.18. The van der Waals surface area contributed by atoms with Crippen LogP contribution in [0.4, 0.5) is 10.3 Å². The van der Waals surface area contributed by atoms with Crippen LogP contribution < -0.4 is 9.64 Å². The largest absolute Gasteiger partial charge is 0.490 e. The number of aromatic nitrogens is 3. The maximum absolute atomic E-state index is 12.9. The summed E-state index contributed by atoms with van der Waals surface area (Å²) in [5, 5.41) is 1.11. The highest BCUT2D eigenvalue weighted by atomic mass is 19.1. The van der Waals surface area contributed by atoms with Gasteiger partial charge in [-0.1, -0.05) is 6.07 Å². The average molecular weight is 312 g/mol. The Hall–Kier alpha value is -2.63. The summed E-state index contributed by atoms with van der Waals surface area (Å²) in [6.45, 7) is 1.61. The van der Waals surface area contributed by atoms with Crippen molar-refractivity contribution >= 4 is 16.9 Å². The first-order chi connectivity index (χ1) is 11.3. The molecule has 1 aliphatic rings. The van der Waals surface area contributed by atoms with E-state index in [0.717, 1.165) is 42.6 Å². The zero-order valence-corrected chi connectivity index (χ0v) is 12.6. The predicted octanol–water partition coefficient (Wildman–Crippen LogP) is 3.14. The summed E-state index contributed by atoms with van der Waals surface area (Å²) in [6, 6.07) is 8.07. The van der Waals surface area contributed by atoms with E-state index in [1.807, 2.05) is 30.5 Å². The normalized spacial score (nSPS) is 16.0. The standard InChI is InChI=1S/C17H17FN4O/c18-12-10-20-17(21-11-12)22-8-5-13(6-9-22)23-16-3-1-2-15-14(16)4-7-19-15/h1-4,7,10-11,13,19H,5-6,8-9H2. The quantitative estimate of drug-likeness (QED) is 0.807. The van der Waals surface area contributed by atoms with E-state index in [2.05, 4.69) is 19.9 Å². The van der Waals surface area contributed by atoms with Gasteiger partial charge in [-0.05, 0) is 18.2 Å². The number of nitrogens with one attached hydrogen (secondary N) is 1. The van der Waals surface area contributed by atoms with E-state index in [9.17, 15) is 4.39 Å². The van der Waals surface area contributed by atoms with Crippen molar-refractivity contribution in [1.82, 2.24) is 15.0 Å². The zero-order chi connectivity index (χ0) is 15.6. The van der Waals surface area contributed by atoms with Crippen LogP contribution in [0.3, 0.4) is 0 Å². The molecule has 1 N–H and O–H groups in total. The number of nitrogens with zero attached hydrogens (tertiary/aromatic N) is 3. The average Bonchev–Trinajstić information content (AvgIpc) is 3.06. The summed E-state index contributed by atoms with van der Waals surface area (Å²) in [4.78, 5) is 13.3. The second-order valence-electron chi connectivity index (χ2n) is 5.70. The second-order valence-corrected chi connectivity index (χ2v) is 5.70. The summed E-state index contributed by atoms with van der Waals surface area (Å²) in [6.07, 6.45) is 6.29. The topological polar surface area (TPSA) is 54.0 Å². The third-order valence-electron chi connectivity index (χ3n) is 4.18. The number of hydrogen-bond acceptors (Lipinski definition) is 4. The Bertz CT molecular complexity index is 794. The van der Waals surface area contributed by atoms with Crippen molar-refractivity contribution in [3.05, 3.63) is 48.7 Å². The Labute approximate surface area is 133 Å². The van der Waals surface area contributed by atoms with Gasteiger partial charge >= 0.3 is 0 Å². The molecule has 2 aromatic heterocycles. The second kappa shape index (κ2) is 5.87. The molecule has 23 heavy (non-hydrogen) atoms. The fourth-order valence-corrected chi connectivity index (χ4v) is 2.98. The Balaban J connectivity index is 1.42. The van der Waals surface area contributed by atoms with Crippen LogP contribution in [-0.4, -0.2) is 34.1 Å². The minimum Gasteiger partial charge on any atom is -0.490 e. The number of rotatable bonds is 3. The molecule has 0 bridgehead atoms. The SMILES string of the molecule is Fc1cnc(N2CCC(Oc3cccc4[nH]ccc34)CC2)nc1. The van der Waals surface area contributed by atoms with E-state index in [0.29, 0.717) is 5.95 Å². The summed E-state index contributed by atoms with van der Waals surface area (Å²) in [7, 11) is 0. The first kappa shape index (κ1) is 14.0. The zero-order valence-electron chi connectivity index (χ0n) is 12.6. The molecule has 5 nitrogen and oxygen atoms in total. The van der Waals surface area contributed by atoms with Crippen LogP contribution in [0.1, 0.15) is 12.8 Å². The molecule has 1 fully saturated rings. The van der Waals surface area contributed by atoms with Gasteiger partial charge in [-0.25, -0.2) is 14.4 Å². The number of ether oxygens (including phenoxy) is 1. The molecule has 1 aliphatic heterocycles. The number of hydrogen-bond donors (Lipinski definition) is 1. The van der Waals surface area contributed by atoms with Gasteiger partial charge in [0.25, 0.3) is 0 Å². The summed E-state index contributed by atoms with van der Waals surface area (Å²) in [5.41, 5.74) is 1.08. The molecule has 3 aromatic rings. The highest BCUT2D eigenvalue weighted by molar-refractivity contribution is 5.85. The molecule has 0 unspecified atom stereocenters. The molecular weight excluding hydrogens is 295 g/mol. The molecule has 6 heteroatoms. The number of H-pyrrole nitrogens is 1. The monoisotopic (exact) mass is 312 g/mol. The molecule has 0 radical (unpaired) electrons. The first-order valence-electron chi connectivity index (χ1n) is 7.75. The lowest BCUT2D eigenvalue weighted by atomic mass is 10.1. The summed E-state index contributed by atoms with van der Waals surface area (Å²) < 4.78 is 19.1. The summed E-state index contributed by atoms with van der Waals surface area (Å²) in [5.74, 6) is 1.09. The van der Waals surface area contributed by atoms with Crippen LogP contribution in [0.15, 0.2) is 42.9 Å². The lowest BCUT2D eigenvalue weighted by molar-refractivity contribution is 0.172. The number of piperidine rings is 1. The van der Waals surface area contributed by atoms with Gasteiger partial charge in [0.05, 0.1) is 12.4 Å². The van der Waals surface area contributed by atoms with Gasteiger partial charge in [0.15, 0.2) is 5.82 Å². The molecule has 0 atom stereocenters. The highest BCUT2D eigenvalue weighted by Gasteiger charge is 2.22. The maximum Gasteiger partial charge on any atom is 0.225 e. The van der Waals surface area contributed by atoms with Crippen molar-refractivity contribution in [3.8, 4) is 5.75 Å². The molecule has 4 rings (SSSR count). The molecular formula is C17H17FN4O. The number of halogens is 1. The smallest absolute Gasteiger partial charge is 0.225 e. The predicted molar refractivity (Wildman–Crippen MR) is 86.2 cm³/mol. The first-order valence-corrected chi connectivity index (χ1v) is 7.75. The van der Waals surface area contributed by atoms with Gasteiger partial charge in [-0.3, -0.25) is 0 Å². The van der Waals surface area contributed by atoms with Crippen molar-refractivity contribution in [2.24, 2.45) is 0 Å². The minimum absolute atomic E-state index is 0.173. The number of fused-ring (bicyclic) bond motifs is 1. The van der Waals surface area contributed by atoms with Crippen LogP contribution in [0.5, 0.6) is 5.75 Å². The van der Waals surface area contributed by atoms with Crippen molar-refractivity contribution in [2.45, 2.75) is 18.9 Å². The number of aromatic amines is 1. The van der Waals surface area contributed by atoms with Gasteiger partial charge in [0, 0.05) is 43.0 Å². The van der Waals surface area contributed by atoms with E-state index >= 15 is 0 Å². The Morgan fingerprint density at radius 3 is 2.70 bits per heavy atom.